The molecule has 1 amide bonds. The Morgan fingerprint density at radius 2 is 2.19 bits per heavy atom. The highest BCUT2D eigenvalue weighted by molar-refractivity contribution is 9.10. The maximum atomic E-state index is 12.3. The number of nitrogens with zero attached hydrogens (tertiary/aromatic N) is 2. The van der Waals surface area contributed by atoms with Crippen LogP contribution in [0, 0.1) is 0 Å². The lowest BCUT2D eigenvalue weighted by Crippen LogP contribution is -2.48. The lowest BCUT2D eigenvalue weighted by Gasteiger charge is -2.22. The van der Waals surface area contributed by atoms with E-state index < -0.39 is 5.54 Å². The van der Waals surface area contributed by atoms with Crippen LogP contribution in [0.4, 0.5) is 5.95 Å². The Kier molecular flexibility index (Phi) is 4.68. The van der Waals surface area contributed by atoms with E-state index in [1.165, 1.54) is 0 Å². The fourth-order valence-corrected chi connectivity index (χ4v) is 2.74. The predicted octanol–water partition coefficient (Wildman–Crippen LogP) is 3.27. The molecule has 1 heterocycles. The summed E-state index contributed by atoms with van der Waals surface area (Å²) >= 11 is 3.43. The van der Waals surface area contributed by atoms with Crippen molar-refractivity contribution in [2.45, 2.75) is 45.7 Å². The van der Waals surface area contributed by atoms with E-state index in [2.05, 4.69) is 26.2 Å². The van der Waals surface area contributed by atoms with E-state index in [0.717, 1.165) is 28.5 Å². The average molecular weight is 353 g/mol. The van der Waals surface area contributed by atoms with Crippen LogP contribution in [0.3, 0.4) is 0 Å². The SMILES string of the molecule is CCCC(C)(N)C(=O)Nc1nc2cc(Br)ccc2n1CC. The molecule has 0 fully saturated rings. The number of nitrogens with one attached hydrogen (secondary N) is 1. The third-order valence-corrected chi connectivity index (χ3v) is 4.03. The number of aromatic nitrogens is 2. The maximum absolute atomic E-state index is 12.3. The van der Waals surface area contributed by atoms with E-state index in [1.807, 2.05) is 36.6 Å². The number of anilines is 1. The molecule has 6 heteroatoms. The second kappa shape index (κ2) is 6.15. The van der Waals surface area contributed by atoms with Gasteiger partial charge in [0.25, 0.3) is 0 Å². The molecule has 0 aliphatic rings. The summed E-state index contributed by atoms with van der Waals surface area (Å²) in [7, 11) is 0. The molecule has 0 saturated heterocycles. The molecule has 0 aliphatic carbocycles. The zero-order valence-corrected chi connectivity index (χ0v) is 14.2. The van der Waals surface area contributed by atoms with Crippen molar-refractivity contribution in [1.29, 1.82) is 0 Å². The number of hydrogen-bond acceptors (Lipinski definition) is 3. The summed E-state index contributed by atoms with van der Waals surface area (Å²) in [4.78, 5) is 16.8. The number of nitrogens with two attached hydrogens (primary N) is 1. The average Bonchev–Trinajstić information content (AvgIpc) is 2.74. The molecule has 3 N–H and O–H groups in total. The van der Waals surface area contributed by atoms with Crippen LogP contribution >= 0.6 is 15.9 Å². The fourth-order valence-electron chi connectivity index (χ4n) is 2.40. The van der Waals surface area contributed by atoms with Crippen molar-refractivity contribution in [3.63, 3.8) is 0 Å². The minimum Gasteiger partial charge on any atom is -0.318 e. The molecule has 21 heavy (non-hydrogen) atoms. The number of rotatable bonds is 5. The minimum absolute atomic E-state index is 0.201. The second-order valence-electron chi connectivity index (χ2n) is 5.43. The number of imidazole rings is 1. The molecular weight excluding hydrogens is 332 g/mol. The van der Waals surface area contributed by atoms with Gasteiger partial charge in [0, 0.05) is 11.0 Å². The lowest BCUT2D eigenvalue weighted by atomic mass is 9.97. The van der Waals surface area contributed by atoms with Gasteiger partial charge in [-0.15, -0.1) is 0 Å². The normalized spacial score (nSPS) is 14.1. The number of aryl methyl sites for hydroxylation is 1. The van der Waals surface area contributed by atoms with E-state index in [9.17, 15) is 4.79 Å². The zero-order valence-electron chi connectivity index (χ0n) is 12.6. The van der Waals surface area contributed by atoms with Crippen molar-refractivity contribution in [2.24, 2.45) is 5.73 Å². The topological polar surface area (TPSA) is 72.9 Å². The molecule has 1 aromatic heterocycles. The summed E-state index contributed by atoms with van der Waals surface area (Å²) in [6.07, 6.45) is 1.49. The first kappa shape index (κ1) is 16.0. The molecule has 0 spiro atoms. The molecular formula is C15H21BrN4O. The fraction of sp³-hybridized carbons (Fsp3) is 0.467. The number of amides is 1. The van der Waals surface area contributed by atoms with Crippen molar-refractivity contribution in [2.75, 3.05) is 5.32 Å². The van der Waals surface area contributed by atoms with Gasteiger partial charge in [-0.1, -0.05) is 29.3 Å². The highest BCUT2D eigenvalue weighted by atomic mass is 79.9. The molecule has 2 aromatic rings. The van der Waals surface area contributed by atoms with Crippen molar-refractivity contribution < 1.29 is 4.79 Å². The predicted molar refractivity (Wildman–Crippen MR) is 89.2 cm³/mol. The van der Waals surface area contributed by atoms with Crippen LogP contribution in [0.2, 0.25) is 0 Å². The van der Waals surface area contributed by atoms with Crippen molar-refractivity contribution in [3.05, 3.63) is 22.7 Å². The first-order chi connectivity index (χ1) is 9.89. The zero-order chi connectivity index (χ0) is 15.6. The quantitative estimate of drug-likeness (QED) is 0.867. The monoisotopic (exact) mass is 352 g/mol. The van der Waals surface area contributed by atoms with Crippen LogP contribution in [0.25, 0.3) is 11.0 Å². The maximum Gasteiger partial charge on any atom is 0.246 e. The summed E-state index contributed by atoms with van der Waals surface area (Å²) in [5.74, 6) is 0.344. The first-order valence-corrected chi connectivity index (χ1v) is 7.94. The third kappa shape index (κ3) is 3.27. The van der Waals surface area contributed by atoms with Crippen LogP contribution in [0.15, 0.2) is 22.7 Å². The van der Waals surface area contributed by atoms with E-state index in [4.69, 9.17) is 5.73 Å². The molecule has 1 atom stereocenters. The van der Waals surface area contributed by atoms with Gasteiger partial charge >= 0.3 is 0 Å². The molecule has 0 aliphatic heterocycles. The molecule has 0 bridgehead atoms. The van der Waals surface area contributed by atoms with Crippen LogP contribution < -0.4 is 11.1 Å². The van der Waals surface area contributed by atoms with Crippen LogP contribution in [0.1, 0.15) is 33.6 Å². The summed E-state index contributed by atoms with van der Waals surface area (Å²) in [5.41, 5.74) is 7.02. The third-order valence-electron chi connectivity index (χ3n) is 3.54. The van der Waals surface area contributed by atoms with E-state index in [-0.39, 0.29) is 5.91 Å². The summed E-state index contributed by atoms with van der Waals surface area (Å²) in [5, 5.41) is 2.87. The second-order valence-corrected chi connectivity index (χ2v) is 6.35. The Morgan fingerprint density at radius 1 is 1.48 bits per heavy atom. The van der Waals surface area contributed by atoms with Gasteiger partial charge in [0.15, 0.2) is 0 Å². The van der Waals surface area contributed by atoms with Gasteiger partial charge in [0.1, 0.15) is 0 Å². The van der Waals surface area contributed by atoms with Crippen molar-refractivity contribution in [1.82, 2.24) is 9.55 Å². The van der Waals surface area contributed by atoms with Crippen LogP contribution in [-0.4, -0.2) is 21.0 Å². The number of hydrogen-bond donors (Lipinski definition) is 2. The Bertz CT molecular complexity index is 663. The van der Waals surface area contributed by atoms with Crippen molar-refractivity contribution in [3.8, 4) is 0 Å². The smallest absolute Gasteiger partial charge is 0.246 e. The van der Waals surface area contributed by atoms with Crippen LogP contribution in [0.5, 0.6) is 0 Å². The molecule has 1 unspecified atom stereocenters. The van der Waals surface area contributed by atoms with Gasteiger partial charge in [0.2, 0.25) is 11.9 Å². The minimum atomic E-state index is -0.883. The van der Waals surface area contributed by atoms with E-state index in [1.54, 1.807) is 6.92 Å². The van der Waals surface area contributed by atoms with Gasteiger partial charge in [-0.3, -0.25) is 10.1 Å². The molecule has 114 valence electrons. The number of halogens is 1. The Balaban J connectivity index is 2.36. The number of benzene rings is 1. The highest BCUT2D eigenvalue weighted by Crippen LogP contribution is 2.24. The number of carbonyl (C=O) groups is 1. The van der Waals surface area contributed by atoms with Gasteiger partial charge in [-0.2, -0.15) is 0 Å². The lowest BCUT2D eigenvalue weighted by molar-refractivity contribution is -0.120. The van der Waals surface area contributed by atoms with Gasteiger partial charge in [-0.25, -0.2) is 4.98 Å². The standard InChI is InChI=1S/C15H21BrN4O/c1-4-8-15(3,17)13(21)19-14-18-11-9-10(16)6-7-12(11)20(14)5-2/h6-7,9H,4-5,8,17H2,1-3H3,(H,18,19,21). The molecule has 2 rings (SSSR count). The Morgan fingerprint density at radius 3 is 2.81 bits per heavy atom. The summed E-state index contributed by atoms with van der Waals surface area (Å²) in [6.45, 7) is 6.51. The molecule has 1 aromatic carbocycles. The first-order valence-electron chi connectivity index (χ1n) is 7.15. The van der Waals surface area contributed by atoms with Gasteiger partial charge < -0.3 is 10.3 Å². The van der Waals surface area contributed by atoms with Gasteiger partial charge in [0.05, 0.1) is 16.6 Å². The summed E-state index contributed by atoms with van der Waals surface area (Å²) in [6, 6.07) is 5.88. The van der Waals surface area contributed by atoms with E-state index >= 15 is 0 Å². The van der Waals surface area contributed by atoms with E-state index in [0.29, 0.717) is 12.4 Å². The highest BCUT2D eigenvalue weighted by Gasteiger charge is 2.28. The Labute approximate surface area is 133 Å². The largest absolute Gasteiger partial charge is 0.318 e. The summed E-state index contributed by atoms with van der Waals surface area (Å²) < 4.78 is 2.94. The molecule has 0 saturated carbocycles. The number of fused-ring (bicyclic) bond motifs is 1. The van der Waals surface area contributed by atoms with Crippen molar-refractivity contribution >= 4 is 38.8 Å². The Hall–Kier alpha value is -1.40. The molecule has 5 nitrogen and oxygen atoms in total. The van der Waals surface area contributed by atoms with Gasteiger partial charge in [-0.05, 0) is 38.5 Å². The van der Waals surface area contributed by atoms with Crippen LogP contribution in [-0.2, 0) is 11.3 Å². The molecule has 0 radical (unpaired) electrons. The number of carbonyl (C=O) groups excluding carboxylic acids is 1.